The molecule has 0 aromatic heterocycles. The zero-order chi connectivity index (χ0) is 16.9. The van der Waals surface area contributed by atoms with Crippen molar-refractivity contribution < 1.29 is 9.53 Å². The fourth-order valence-corrected chi connectivity index (χ4v) is 3.09. The summed E-state index contributed by atoms with van der Waals surface area (Å²) in [5, 5.41) is 0.735. The number of piperazine rings is 1. The maximum Gasteiger partial charge on any atom is 0.254 e. The molecule has 1 aliphatic heterocycles. The Kier molecular flexibility index (Phi) is 5.26. The van der Waals surface area contributed by atoms with Gasteiger partial charge in [-0.15, -0.1) is 0 Å². The average molecular weight is 345 g/mol. The van der Waals surface area contributed by atoms with Gasteiger partial charge in [-0.25, -0.2) is 0 Å². The SMILES string of the molecule is CCOc1cccc(C(=O)N2CCN(c3cccc(Cl)c3)CC2)c1. The minimum atomic E-state index is 0.0577. The Morgan fingerprint density at radius 1 is 1.08 bits per heavy atom. The summed E-state index contributed by atoms with van der Waals surface area (Å²) in [5.41, 5.74) is 1.78. The van der Waals surface area contributed by atoms with E-state index >= 15 is 0 Å². The number of benzene rings is 2. The molecule has 1 amide bonds. The molecule has 5 heteroatoms. The molecule has 24 heavy (non-hydrogen) atoms. The number of carbonyl (C=O) groups is 1. The van der Waals surface area contributed by atoms with Gasteiger partial charge in [0.1, 0.15) is 5.75 Å². The summed E-state index contributed by atoms with van der Waals surface area (Å²) in [5.74, 6) is 0.795. The molecule has 0 atom stereocenters. The highest BCUT2D eigenvalue weighted by Crippen LogP contribution is 2.22. The summed E-state index contributed by atoms with van der Waals surface area (Å²) in [6, 6.07) is 15.2. The number of hydrogen-bond donors (Lipinski definition) is 0. The zero-order valence-corrected chi connectivity index (χ0v) is 14.5. The minimum absolute atomic E-state index is 0.0577. The fourth-order valence-electron chi connectivity index (χ4n) is 2.91. The second-order valence-electron chi connectivity index (χ2n) is 5.72. The number of halogens is 1. The lowest BCUT2D eigenvalue weighted by atomic mass is 10.1. The van der Waals surface area contributed by atoms with Crippen LogP contribution < -0.4 is 9.64 Å². The molecule has 1 heterocycles. The molecule has 0 saturated carbocycles. The van der Waals surface area contributed by atoms with E-state index in [0.29, 0.717) is 25.3 Å². The molecule has 0 N–H and O–H groups in total. The van der Waals surface area contributed by atoms with Crippen LogP contribution >= 0.6 is 11.6 Å². The third-order valence-corrected chi connectivity index (χ3v) is 4.37. The quantitative estimate of drug-likeness (QED) is 0.847. The van der Waals surface area contributed by atoms with Crippen LogP contribution in [0.1, 0.15) is 17.3 Å². The standard InChI is InChI=1S/C19H21ClN2O2/c1-2-24-18-8-3-5-15(13-18)19(23)22-11-9-21(10-12-22)17-7-4-6-16(20)14-17/h3-8,13-14H,2,9-12H2,1H3. The lowest BCUT2D eigenvalue weighted by molar-refractivity contribution is 0.0746. The molecule has 4 nitrogen and oxygen atoms in total. The second-order valence-corrected chi connectivity index (χ2v) is 6.16. The highest BCUT2D eigenvalue weighted by Gasteiger charge is 2.22. The van der Waals surface area contributed by atoms with Gasteiger partial charge in [-0.2, -0.15) is 0 Å². The third-order valence-electron chi connectivity index (χ3n) is 4.13. The van der Waals surface area contributed by atoms with Crippen molar-refractivity contribution in [3.8, 4) is 5.75 Å². The number of hydrogen-bond acceptors (Lipinski definition) is 3. The van der Waals surface area contributed by atoms with E-state index in [2.05, 4.69) is 11.0 Å². The summed E-state index contributed by atoms with van der Waals surface area (Å²) < 4.78 is 5.48. The van der Waals surface area contributed by atoms with Gasteiger partial charge in [0.15, 0.2) is 0 Å². The Balaban J connectivity index is 1.64. The van der Waals surface area contributed by atoms with E-state index in [4.69, 9.17) is 16.3 Å². The number of nitrogens with zero attached hydrogens (tertiary/aromatic N) is 2. The summed E-state index contributed by atoms with van der Waals surface area (Å²) >= 11 is 6.06. The summed E-state index contributed by atoms with van der Waals surface area (Å²) in [7, 11) is 0. The minimum Gasteiger partial charge on any atom is -0.494 e. The van der Waals surface area contributed by atoms with Crippen LogP contribution in [0.4, 0.5) is 5.69 Å². The Hall–Kier alpha value is -2.20. The van der Waals surface area contributed by atoms with E-state index in [9.17, 15) is 4.79 Å². The Bertz CT molecular complexity index is 712. The molecule has 0 aliphatic carbocycles. The number of ether oxygens (including phenoxy) is 1. The van der Waals surface area contributed by atoms with Gasteiger partial charge in [0, 0.05) is 42.5 Å². The Morgan fingerprint density at radius 2 is 1.83 bits per heavy atom. The first-order valence-electron chi connectivity index (χ1n) is 8.20. The second kappa shape index (κ2) is 7.58. The van der Waals surface area contributed by atoms with Crippen LogP contribution in [0, 0.1) is 0 Å². The molecular weight excluding hydrogens is 324 g/mol. The van der Waals surface area contributed by atoms with Crippen molar-refractivity contribution in [2.24, 2.45) is 0 Å². The van der Waals surface area contributed by atoms with Crippen molar-refractivity contribution in [1.29, 1.82) is 0 Å². The van der Waals surface area contributed by atoms with Crippen LogP contribution in [0.5, 0.6) is 5.75 Å². The molecule has 1 saturated heterocycles. The maximum atomic E-state index is 12.7. The van der Waals surface area contributed by atoms with Crippen molar-refractivity contribution in [2.45, 2.75) is 6.92 Å². The van der Waals surface area contributed by atoms with Crippen molar-refractivity contribution in [3.63, 3.8) is 0 Å². The lowest BCUT2D eigenvalue weighted by Gasteiger charge is -2.36. The van der Waals surface area contributed by atoms with Crippen LogP contribution in [0.25, 0.3) is 0 Å². The number of amides is 1. The highest BCUT2D eigenvalue weighted by molar-refractivity contribution is 6.30. The molecule has 0 bridgehead atoms. The highest BCUT2D eigenvalue weighted by atomic mass is 35.5. The maximum absolute atomic E-state index is 12.7. The van der Waals surface area contributed by atoms with Gasteiger partial charge in [0.05, 0.1) is 6.61 Å². The number of anilines is 1. The lowest BCUT2D eigenvalue weighted by Crippen LogP contribution is -2.48. The Morgan fingerprint density at radius 3 is 2.54 bits per heavy atom. The average Bonchev–Trinajstić information content (AvgIpc) is 2.62. The first-order valence-corrected chi connectivity index (χ1v) is 8.58. The predicted octanol–water partition coefficient (Wildman–Crippen LogP) is 3.70. The van der Waals surface area contributed by atoms with Gasteiger partial charge >= 0.3 is 0 Å². The van der Waals surface area contributed by atoms with E-state index in [-0.39, 0.29) is 5.91 Å². The van der Waals surface area contributed by atoms with Crippen LogP contribution in [0.2, 0.25) is 5.02 Å². The van der Waals surface area contributed by atoms with Gasteiger partial charge in [-0.3, -0.25) is 4.79 Å². The molecule has 2 aromatic carbocycles. The normalized spacial score (nSPS) is 14.6. The smallest absolute Gasteiger partial charge is 0.254 e. The van der Waals surface area contributed by atoms with Crippen LogP contribution in [-0.4, -0.2) is 43.6 Å². The third kappa shape index (κ3) is 3.82. The van der Waals surface area contributed by atoms with E-state index in [1.165, 1.54) is 0 Å². The first-order chi connectivity index (χ1) is 11.7. The van der Waals surface area contributed by atoms with E-state index in [1.807, 2.05) is 54.3 Å². The van der Waals surface area contributed by atoms with Gasteiger partial charge in [-0.1, -0.05) is 23.7 Å². The van der Waals surface area contributed by atoms with Crippen LogP contribution in [0.3, 0.4) is 0 Å². The molecule has 0 radical (unpaired) electrons. The van der Waals surface area contributed by atoms with Gasteiger partial charge in [0.2, 0.25) is 0 Å². The summed E-state index contributed by atoms with van der Waals surface area (Å²) in [6.07, 6.45) is 0. The summed E-state index contributed by atoms with van der Waals surface area (Å²) in [6.45, 7) is 5.53. The molecule has 126 valence electrons. The first kappa shape index (κ1) is 16.7. The van der Waals surface area contributed by atoms with E-state index in [1.54, 1.807) is 0 Å². The van der Waals surface area contributed by atoms with E-state index < -0.39 is 0 Å². The van der Waals surface area contributed by atoms with E-state index in [0.717, 1.165) is 29.5 Å². The number of carbonyl (C=O) groups excluding carboxylic acids is 1. The van der Waals surface area contributed by atoms with Crippen LogP contribution in [0.15, 0.2) is 48.5 Å². The summed E-state index contributed by atoms with van der Waals surface area (Å²) in [4.78, 5) is 16.8. The largest absolute Gasteiger partial charge is 0.494 e. The molecule has 3 rings (SSSR count). The van der Waals surface area contributed by atoms with Crippen molar-refractivity contribution in [1.82, 2.24) is 4.90 Å². The Labute approximate surface area is 147 Å². The molecule has 0 spiro atoms. The van der Waals surface area contributed by atoms with Crippen molar-refractivity contribution >= 4 is 23.2 Å². The number of rotatable bonds is 4. The van der Waals surface area contributed by atoms with Gasteiger partial charge in [0.25, 0.3) is 5.91 Å². The molecular formula is C19H21ClN2O2. The fraction of sp³-hybridized carbons (Fsp3) is 0.316. The van der Waals surface area contributed by atoms with Crippen LogP contribution in [-0.2, 0) is 0 Å². The predicted molar refractivity (Wildman–Crippen MR) is 97.2 cm³/mol. The van der Waals surface area contributed by atoms with Crippen molar-refractivity contribution in [2.75, 3.05) is 37.7 Å². The topological polar surface area (TPSA) is 32.8 Å². The molecule has 0 unspecified atom stereocenters. The monoisotopic (exact) mass is 344 g/mol. The molecule has 1 fully saturated rings. The molecule has 2 aromatic rings. The molecule has 1 aliphatic rings. The van der Waals surface area contributed by atoms with Gasteiger partial charge < -0.3 is 14.5 Å². The zero-order valence-electron chi connectivity index (χ0n) is 13.7. The van der Waals surface area contributed by atoms with Crippen molar-refractivity contribution in [3.05, 3.63) is 59.1 Å². The van der Waals surface area contributed by atoms with Gasteiger partial charge in [-0.05, 0) is 43.3 Å².